The molecule has 7 heteroatoms. The highest BCUT2D eigenvalue weighted by atomic mass is 16.6. The Balaban J connectivity index is 2.85. The van der Waals surface area contributed by atoms with E-state index in [9.17, 15) is 19.7 Å². The summed E-state index contributed by atoms with van der Waals surface area (Å²) in [6, 6.07) is 5.56. The molecule has 0 spiro atoms. The first-order valence-electron chi connectivity index (χ1n) is 4.46. The monoisotopic (exact) mass is 236 g/mol. The van der Waals surface area contributed by atoms with Crippen LogP contribution in [-0.2, 0) is 9.59 Å². The van der Waals surface area contributed by atoms with Gasteiger partial charge in [0.2, 0.25) is 5.91 Å². The molecule has 1 aromatic carbocycles. The van der Waals surface area contributed by atoms with Gasteiger partial charge in [-0.15, -0.1) is 0 Å². The minimum Gasteiger partial charge on any atom is -0.478 e. The molecule has 0 saturated carbocycles. The SMILES string of the molecule is O=C(O)C=CC(=O)Nc1ccccc1[N+](=O)[O-]. The number of carbonyl (C=O) groups excluding carboxylic acids is 1. The van der Waals surface area contributed by atoms with Crippen LogP contribution in [0.3, 0.4) is 0 Å². The Labute approximate surface area is 95.5 Å². The fourth-order valence-electron chi connectivity index (χ4n) is 1.06. The summed E-state index contributed by atoms with van der Waals surface area (Å²) in [5.41, 5.74) is -0.248. The minimum absolute atomic E-state index is 0.0116. The van der Waals surface area contributed by atoms with Crippen LogP contribution < -0.4 is 5.32 Å². The van der Waals surface area contributed by atoms with Crippen LogP contribution in [0.25, 0.3) is 0 Å². The summed E-state index contributed by atoms with van der Waals surface area (Å²) in [5, 5.41) is 21.1. The largest absolute Gasteiger partial charge is 0.478 e. The number of carbonyl (C=O) groups is 2. The van der Waals surface area contributed by atoms with Crippen molar-refractivity contribution in [2.75, 3.05) is 5.32 Å². The van der Waals surface area contributed by atoms with Gasteiger partial charge in [-0.2, -0.15) is 0 Å². The molecule has 1 amide bonds. The Hall–Kier alpha value is -2.70. The topological polar surface area (TPSA) is 110 Å². The van der Waals surface area contributed by atoms with Crippen molar-refractivity contribution >= 4 is 23.3 Å². The second kappa shape index (κ2) is 5.40. The highest BCUT2D eigenvalue weighted by Crippen LogP contribution is 2.22. The molecule has 0 aliphatic heterocycles. The first kappa shape index (κ1) is 12.4. The van der Waals surface area contributed by atoms with Gasteiger partial charge in [-0.25, -0.2) is 4.79 Å². The molecule has 2 N–H and O–H groups in total. The van der Waals surface area contributed by atoms with E-state index < -0.39 is 16.8 Å². The number of nitro groups is 1. The first-order chi connectivity index (χ1) is 8.00. The van der Waals surface area contributed by atoms with E-state index in [-0.39, 0.29) is 11.4 Å². The van der Waals surface area contributed by atoms with Crippen molar-refractivity contribution in [3.05, 3.63) is 46.5 Å². The summed E-state index contributed by atoms with van der Waals surface area (Å²) in [5.74, 6) is -2.02. The zero-order valence-electron chi connectivity index (χ0n) is 8.49. The Morgan fingerprint density at radius 2 is 1.94 bits per heavy atom. The average Bonchev–Trinajstić information content (AvgIpc) is 2.27. The summed E-state index contributed by atoms with van der Waals surface area (Å²) in [4.78, 5) is 31.3. The molecule has 0 fully saturated rings. The molecule has 0 heterocycles. The van der Waals surface area contributed by atoms with E-state index in [0.29, 0.717) is 6.08 Å². The second-order valence-electron chi connectivity index (χ2n) is 2.94. The molecule has 0 aliphatic carbocycles. The number of amides is 1. The highest BCUT2D eigenvalue weighted by Gasteiger charge is 2.13. The molecule has 7 nitrogen and oxygen atoms in total. The van der Waals surface area contributed by atoms with Gasteiger partial charge in [0.25, 0.3) is 5.69 Å². The third-order valence-electron chi connectivity index (χ3n) is 1.74. The maximum Gasteiger partial charge on any atom is 0.328 e. The third-order valence-corrected chi connectivity index (χ3v) is 1.74. The molecule has 0 saturated heterocycles. The molecular formula is C10H8N2O5. The molecule has 1 rings (SSSR count). The van der Waals surface area contributed by atoms with Crippen LogP contribution in [0.5, 0.6) is 0 Å². The second-order valence-corrected chi connectivity index (χ2v) is 2.94. The fraction of sp³-hybridized carbons (Fsp3) is 0. The summed E-state index contributed by atoms with van der Waals surface area (Å²) >= 11 is 0. The maximum atomic E-state index is 11.2. The van der Waals surface area contributed by atoms with Gasteiger partial charge in [-0.3, -0.25) is 14.9 Å². The first-order valence-corrected chi connectivity index (χ1v) is 4.46. The van der Waals surface area contributed by atoms with Gasteiger partial charge >= 0.3 is 5.97 Å². The fourth-order valence-corrected chi connectivity index (χ4v) is 1.06. The summed E-state index contributed by atoms with van der Waals surface area (Å²) in [6.45, 7) is 0. The van der Waals surface area contributed by atoms with Crippen molar-refractivity contribution in [2.24, 2.45) is 0 Å². The molecule has 1 aromatic rings. The predicted molar refractivity (Wildman–Crippen MR) is 58.5 cm³/mol. The minimum atomic E-state index is -1.28. The van der Waals surface area contributed by atoms with Crippen LogP contribution in [0.15, 0.2) is 36.4 Å². The lowest BCUT2D eigenvalue weighted by molar-refractivity contribution is -0.383. The molecule has 17 heavy (non-hydrogen) atoms. The van der Waals surface area contributed by atoms with Crippen LogP contribution in [0.2, 0.25) is 0 Å². The quantitative estimate of drug-likeness (QED) is 0.463. The number of hydrogen-bond acceptors (Lipinski definition) is 4. The Morgan fingerprint density at radius 1 is 1.29 bits per heavy atom. The number of benzene rings is 1. The average molecular weight is 236 g/mol. The molecule has 0 atom stereocenters. The molecular weight excluding hydrogens is 228 g/mol. The van der Waals surface area contributed by atoms with E-state index in [1.807, 2.05) is 0 Å². The normalized spacial score (nSPS) is 10.1. The van der Waals surface area contributed by atoms with Crippen molar-refractivity contribution in [1.82, 2.24) is 0 Å². The van der Waals surface area contributed by atoms with Crippen LogP contribution in [0, 0.1) is 10.1 Å². The number of carboxylic acid groups (broad SMARTS) is 1. The number of carboxylic acids is 1. The Kier molecular flexibility index (Phi) is 3.93. The van der Waals surface area contributed by atoms with Gasteiger partial charge in [-0.05, 0) is 6.07 Å². The lowest BCUT2D eigenvalue weighted by Crippen LogP contribution is -2.10. The van der Waals surface area contributed by atoms with Crippen molar-refractivity contribution in [2.45, 2.75) is 0 Å². The van der Waals surface area contributed by atoms with E-state index in [0.717, 1.165) is 6.08 Å². The summed E-state index contributed by atoms with van der Waals surface area (Å²) < 4.78 is 0. The molecule has 88 valence electrons. The van der Waals surface area contributed by atoms with Gasteiger partial charge in [0.05, 0.1) is 4.92 Å². The van der Waals surface area contributed by atoms with Gasteiger partial charge in [0.1, 0.15) is 5.69 Å². The lowest BCUT2D eigenvalue weighted by Gasteiger charge is -2.02. The van der Waals surface area contributed by atoms with E-state index >= 15 is 0 Å². The predicted octanol–water partition coefficient (Wildman–Crippen LogP) is 1.17. The molecule has 0 bridgehead atoms. The number of nitrogens with zero attached hydrogens (tertiary/aromatic N) is 1. The van der Waals surface area contributed by atoms with Gasteiger partial charge in [0.15, 0.2) is 0 Å². The molecule has 0 unspecified atom stereocenters. The number of nitro benzene ring substituents is 1. The maximum absolute atomic E-state index is 11.2. The zero-order valence-corrected chi connectivity index (χ0v) is 8.49. The number of anilines is 1. The number of nitrogens with one attached hydrogen (secondary N) is 1. The van der Waals surface area contributed by atoms with Crippen molar-refractivity contribution in [3.63, 3.8) is 0 Å². The zero-order chi connectivity index (χ0) is 12.8. The van der Waals surface area contributed by atoms with Crippen molar-refractivity contribution in [1.29, 1.82) is 0 Å². The van der Waals surface area contributed by atoms with E-state index in [1.54, 1.807) is 0 Å². The Morgan fingerprint density at radius 3 is 2.53 bits per heavy atom. The standard InChI is InChI=1S/C10H8N2O5/c13-9(5-6-10(14)15)11-7-3-1-2-4-8(7)12(16)17/h1-6H,(H,11,13)(H,14,15). The lowest BCUT2D eigenvalue weighted by atomic mass is 10.2. The molecule has 0 radical (unpaired) electrons. The number of aliphatic carboxylic acids is 1. The van der Waals surface area contributed by atoms with E-state index in [1.165, 1.54) is 24.3 Å². The van der Waals surface area contributed by atoms with Crippen LogP contribution in [0.1, 0.15) is 0 Å². The highest BCUT2D eigenvalue weighted by molar-refractivity contribution is 6.03. The van der Waals surface area contributed by atoms with E-state index in [4.69, 9.17) is 5.11 Å². The smallest absolute Gasteiger partial charge is 0.328 e. The number of hydrogen-bond donors (Lipinski definition) is 2. The van der Waals surface area contributed by atoms with Crippen molar-refractivity contribution < 1.29 is 19.6 Å². The van der Waals surface area contributed by atoms with Gasteiger partial charge in [0, 0.05) is 18.2 Å². The van der Waals surface area contributed by atoms with Crippen LogP contribution in [0.4, 0.5) is 11.4 Å². The number of rotatable bonds is 4. The summed E-state index contributed by atoms with van der Waals surface area (Å²) in [7, 11) is 0. The van der Waals surface area contributed by atoms with Gasteiger partial charge in [-0.1, -0.05) is 12.1 Å². The molecule has 0 aromatic heterocycles. The molecule has 0 aliphatic rings. The summed E-state index contributed by atoms with van der Waals surface area (Å²) in [6.07, 6.45) is 1.42. The third kappa shape index (κ3) is 3.74. The van der Waals surface area contributed by atoms with Crippen LogP contribution in [-0.4, -0.2) is 21.9 Å². The van der Waals surface area contributed by atoms with Crippen molar-refractivity contribution in [3.8, 4) is 0 Å². The Bertz CT molecular complexity index is 495. The van der Waals surface area contributed by atoms with E-state index in [2.05, 4.69) is 5.32 Å². The van der Waals surface area contributed by atoms with Crippen LogP contribution >= 0.6 is 0 Å². The van der Waals surface area contributed by atoms with Gasteiger partial charge < -0.3 is 10.4 Å². The number of para-hydroxylation sites is 2.